The number of aromatic nitrogens is 2. The Morgan fingerprint density at radius 1 is 1.15 bits per heavy atom. The van der Waals surface area contributed by atoms with E-state index < -0.39 is 0 Å². The fourth-order valence-electron chi connectivity index (χ4n) is 2.55. The topological polar surface area (TPSA) is 67.6 Å². The molecule has 3 aromatic rings. The lowest BCUT2D eigenvalue weighted by Gasteiger charge is -2.10. The van der Waals surface area contributed by atoms with Gasteiger partial charge >= 0.3 is 0 Å². The Morgan fingerprint density at radius 2 is 1.78 bits per heavy atom. The largest absolute Gasteiger partial charge is 0.397 e. The highest BCUT2D eigenvalue weighted by molar-refractivity contribution is 6.35. The minimum atomic E-state index is 0.216. The number of rotatable bonds is 3. The molecular formula is C21H20Cl2N4. The summed E-state index contributed by atoms with van der Waals surface area (Å²) in [7, 11) is 0. The zero-order valence-electron chi connectivity index (χ0n) is 15.4. The quantitative estimate of drug-likeness (QED) is 0.589. The lowest BCUT2D eigenvalue weighted by Crippen LogP contribution is -2.02. The first-order valence-corrected chi connectivity index (χ1v) is 9.18. The Bertz CT molecular complexity index is 1010. The first kappa shape index (κ1) is 20.6. The molecule has 4 nitrogen and oxygen atoms in total. The van der Waals surface area contributed by atoms with Crippen LogP contribution in [0.25, 0.3) is 22.6 Å². The Morgan fingerprint density at radius 3 is 2.30 bits per heavy atom. The predicted octanol–water partition coefficient (Wildman–Crippen LogP) is 5.98. The molecule has 3 rings (SSSR count). The van der Waals surface area contributed by atoms with Crippen molar-refractivity contribution in [2.75, 3.05) is 0 Å². The van der Waals surface area contributed by atoms with Crippen LogP contribution in [0.1, 0.15) is 30.7 Å². The molecule has 2 aromatic carbocycles. The summed E-state index contributed by atoms with van der Waals surface area (Å²) in [6, 6.07) is 15.1. The molecule has 2 N–H and O–H groups in total. The van der Waals surface area contributed by atoms with Crippen LogP contribution < -0.4 is 5.73 Å². The van der Waals surface area contributed by atoms with Crippen molar-refractivity contribution < 1.29 is 0 Å². The van der Waals surface area contributed by atoms with Crippen LogP contribution in [0.15, 0.2) is 49.0 Å². The van der Waals surface area contributed by atoms with Gasteiger partial charge in [0.25, 0.3) is 0 Å². The second kappa shape index (κ2) is 8.77. The Labute approximate surface area is 169 Å². The normalized spacial score (nSPS) is 9.93. The maximum absolute atomic E-state index is 9.68. The van der Waals surface area contributed by atoms with E-state index in [0.29, 0.717) is 32.7 Å². The standard InChI is InChI=1S/C19H14Cl2N4.C2H6/c1-11-3-5-13(6-4-11)19-15(10-22)18(12(2)23)24-25(19)17-8-7-14(20)9-16(17)21;1-2/h3-9H,2,23H2,1H3;1-2H3. The molecule has 0 saturated carbocycles. The van der Waals surface area contributed by atoms with Crippen LogP contribution in [-0.2, 0) is 0 Å². The van der Waals surface area contributed by atoms with Gasteiger partial charge in [-0.2, -0.15) is 10.4 Å². The summed E-state index contributed by atoms with van der Waals surface area (Å²) < 4.78 is 1.61. The zero-order valence-corrected chi connectivity index (χ0v) is 16.9. The van der Waals surface area contributed by atoms with Crippen LogP contribution in [0.2, 0.25) is 10.0 Å². The highest BCUT2D eigenvalue weighted by Gasteiger charge is 2.22. The molecule has 0 spiro atoms. The highest BCUT2D eigenvalue weighted by atomic mass is 35.5. The van der Waals surface area contributed by atoms with Crippen LogP contribution in [-0.4, -0.2) is 9.78 Å². The van der Waals surface area contributed by atoms with Crippen LogP contribution >= 0.6 is 23.2 Å². The lowest BCUT2D eigenvalue weighted by atomic mass is 10.0. The molecule has 0 unspecified atom stereocenters. The van der Waals surface area contributed by atoms with Crippen molar-refractivity contribution >= 4 is 28.9 Å². The SMILES string of the molecule is C=C(N)c1nn(-c2ccc(Cl)cc2Cl)c(-c2ccc(C)cc2)c1C#N.CC. The molecule has 138 valence electrons. The second-order valence-corrected chi connectivity index (χ2v) is 6.43. The van der Waals surface area contributed by atoms with Crippen molar-refractivity contribution in [2.24, 2.45) is 5.73 Å². The van der Waals surface area contributed by atoms with Crippen molar-refractivity contribution in [3.63, 3.8) is 0 Å². The number of nitriles is 1. The Hall–Kier alpha value is -2.74. The second-order valence-electron chi connectivity index (χ2n) is 5.58. The number of benzene rings is 2. The van der Waals surface area contributed by atoms with Crippen molar-refractivity contribution in [1.82, 2.24) is 9.78 Å². The van der Waals surface area contributed by atoms with Crippen LogP contribution in [0.4, 0.5) is 0 Å². The van der Waals surface area contributed by atoms with Crippen molar-refractivity contribution in [3.8, 4) is 23.0 Å². The van der Waals surface area contributed by atoms with Gasteiger partial charge in [0.1, 0.15) is 17.3 Å². The monoisotopic (exact) mass is 398 g/mol. The molecule has 0 radical (unpaired) electrons. The van der Waals surface area contributed by atoms with E-state index >= 15 is 0 Å². The molecule has 27 heavy (non-hydrogen) atoms. The maximum atomic E-state index is 9.68. The molecular weight excluding hydrogens is 379 g/mol. The van der Waals surface area contributed by atoms with Crippen molar-refractivity contribution in [3.05, 3.63) is 75.9 Å². The highest BCUT2D eigenvalue weighted by Crippen LogP contribution is 2.33. The molecule has 1 heterocycles. The summed E-state index contributed by atoms with van der Waals surface area (Å²) in [4.78, 5) is 0. The van der Waals surface area contributed by atoms with Crippen molar-refractivity contribution in [2.45, 2.75) is 20.8 Å². The molecule has 0 aliphatic heterocycles. The van der Waals surface area contributed by atoms with E-state index in [1.807, 2.05) is 45.0 Å². The van der Waals surface area contributed by atoms with Gasteiger partial charge in [0.05, 0.1) is 22.1 Å². The van der Waals surface area contributed by atoms with E-state index in [4.69, 9.17) is 28.9 Å². The third-order valence-electron chi connectivity index (χ3n) is 3.76. The molecule has 0 saturated heterocycles. The van der Waals surface area contributed by atoms with Gasteiger partial charge in [0, 0.05) is 10.6 Å². The molecule has 0 fully saturated rings. The Kier molecular flexibility index (Phi) is 6.68. The van der Waals surface area contributed by atoms with Crippen LogP contribution in [0.3, 0.4) is 0 Å². The van der Waals surface area contributed by atoms with E-state index in [9.17, 15) is 5.26 Å². The number of hydrogen-bond donors (Lipinski definition) is 1. The average Bonchev–Trinajstić information content (AvgIpc) is 3.03. The fourth-order valence-corrected chi connectivity index (χ4v) is 3.04. The zero-order chi connectivity index (χ0) is 20.1. The summed E-state index contributed by atoms with van der Waals surface area (Å²) in [5, 5.41) is 15.1. The summed E-state index contributed by atoms with van der Waals surface area (Å²) in [5.41, 5.74) is 9.89. The predicted molar refractivity (Wildman–Crippen MR) is 113 cm³/mol. The molecule has 0 atom stereocenters. The third-order valence-corrected chi connectivity index (χ3v) is 4.30. The van der Waals surface area contributed by atoms with Gasteiger partial charge in [-0.1, -0.05) is 73.5 Å². The molecule has 0 aliphatic carbocycles. The summed E-state index contributed by atoms with van der Waals surface area (Å²) in [6.07, 6.45) is 0. The molecule has 0 aliphatic rings. The third kappa shape index (κ3) is 4.16. The van der Waals surface area contributed by atoms with E-state index in [2.05, 4.69) is 17.7 Å². The van der Waals surface area contributed by atoms with E-state index in [0.717, 1.165) is 11.1 Å². The van der Waals surface area contributed by atoms with Gasteiger partial charge in [-0.3, -0.25) is 0 Å². The summed E-state index contributed by atoms with van der Waals surface area (Å²) in [6.45, 7) is 9.72. The number of aryl methyl sites for hydroxylation is 1. The first-order chi connectivity index (χ1) is 12.9. The van der Waals surface area contributed by atoms with Gasteiger partial charge in [-0.05, 0) is 25.1 Å². The number of nitrogens with zero attached hydrogens (tertiary/aromatic N) is 3. The molecule has 0 bridgehead atoms. The summed E-state index contributed by atoms with van der Waals surface area (Å²) >= 11 is 12.3. The summed E-state index contributed by atoms with van der Waals surface area (Å²) in [5.74, 6) is 0. The van der Waals surface area contributed by atoms with Gasteiger partial charge in [-0.25, -0.2) is 4.68 Å². The minimum absolute atomic E-state index is 0.216. The van der Waals surface area contributed by atoms with E-state index in [1.54, 1.807) is 22.9 Å². The molecule has 1 aromatic heterocycles. The van der Waals surface area contributed by atoms with Gasteiger partial charge in [0.15, 0.2) is 0 Å². The fraction of sp³-hybridized carbons (Fsp3) is 0.143. The minimum Gasteiger partial charge on any atom is -0.397 e. The van der Waals surface area contributed by atoms with Gasteiger partial charge < -0.3 is 5.73 Å². The maximum Gasteiger partial charge on any atom is 0.126 e. The average molecular weight is 399 g/mol. The number of halogens is 2. The molecule has 6 heteroatoms. The van der Waals surface area contributed by atoms with Crippen molar-refractivity contribution in [1.29, 1.82) is 5.26 Å². The number of hydrogen-bond acceptors (Lipinski definition) is 3. The van der Waals surface area contributed by atoms with Crippen LogP contribution in [0.5, 0.6) is 0 Å². The van der Waals surface area contributed by atoms with E-state index in [1.165, 1.54) is 0 Å². The van der Waals surface area contributed by atoms with E-state index in [-0.39, 0.29) is 5.70 Å². The lowest BCUT2D eigenvalue weighted by molar-refractivity contribution is 0.880. The number of nitrogens with two attached hydrogens (primary N) is 1. The van der Waals surface area contributed by atoms with Gasteiger partial charge in [0.2, 0.25) is 0 Å². The first-order valence-electron chi connectivity index (χ1n) is 8.42. The van der Waals surface area contributed by atoms with Gasteiger partial charge in [-0.15, -0.1) is 0 Å². The smallest absolute Gasteiger partial charge is 0.126 e. The van der Waals surface area contributed by atoms with Crippen LogP contribution in [0, 0.1) is 18.3 Å². The molecule has 0 amide bonds. The Balaban J connectivity index is 0.00000126.